The Morgan fingerprint density at radius 2 is 1.80 bits per heavy atom. The molecular weight excluding hydrogens is 444 g/mol. The number of unbranched alkanes of at least 4 members (excludes halogenated alkanes) is 2. The van der Waals surface area contributed by atoms with Crippen LogP contribution in [0.15, 0.2) is 42.7 Å². The second-order valence-corrected chi connectivity index (χ2v) is 8.34. The fourth-order valence-electron chi connectivity index (χ4n) is 4.16. The molecule has 3 heterocycles. The Bertz CT molecular complexity index is 1190. The number of tetrazole rings is 1. The predicted octanol–water partition coefficient (Wildman–Crippen LogP) is 4.16. The topological polar surface area (TPSA) is 117 Å². The molecule has 0 bridgehead atoms. The molecule has 0 fully saturated rings. The minimum absolute atomic E-state index is 0.564. The first-order valence-corrected chi connectivity index (χ1v) is 12.0. The van der Waals surface area contributed by atoms with Crippen molar-refractivity contribution in [2.24, 2.45) is 0 Å². The molecule has 0 saturated heterocycles. The van der Waals surface area contributed by atoms with Gasteiger partial charge in [-0.05, 0) is 34.0 Å². The Morgan fingerprint density at radius 3 is 2.46 bits per heavy atom. The van der Waals surface area contributed by atoms with Gasteiger partial charge in [0.1, 0.15) is 5.82 Å². The minimum Gasteiger partial charge on any atom is -0.347 e. The maximum Gasteiger partial charge on any atom is 0.231 e. The number of benzene rings is 1. The van der Waals surface area contributed by atoms with Crippen LogP contribution in [0.4, 0.5) is 0 Å². The Hall–Kier alpha value is -3.50. The molecule has 184 valence electrons. The molecule has 0 unspecified atom stereocenters. The van der Waals surface area contributed by atoms with Crippen LogP contribution in [-0.2, 0) is 28.2 Å². The first-order chi connectivity index (χ1) is 17.1. The molecule has 4 aromatic rings. The highest BCUT2D eigenvalue weighted by molar-refractivity contribution is 5.79. The van der Waals surface area contributed by atoms with Gasteiger partial charge < -0.3 is 9.47 Å². The lowest BCUT2D eigenvalue weighted by molar-refractivity contribution is -0.222. The van der Waals surface area contributed by atoms with E-state index < -0.39 is 5.79 Å². The lowest BCUT2D eigenvalue weighted by atomic mass is 9.99. The van der Waals surface area contributed by atoms with E-state index >= 15 is 0 Å². The maximum atomic E-state index is 5.69. The fourth-order valence-corrected chi connectivity index (χ4v) is 4.16. The number of methoxy groups -OCH3 is 2. The van der Waals surface area contributed by atoms with Crippen LogP contribution in [0.25, 0.3) is 22.5 Å². The quantitative estimate of drug-likeness (QED) is 0.239. The van der Waals surface area contributed by atoms with Crippen molar-refractivity contribution in [2.75, 3.05) is 14.2 Å². The Balaban J connectivity index is 1.61. The summed E-state index contributed by atoms with van der Waals surface area (Å²) < 4.78 is 13.4. The van der Waals surface area contributed by atoms with E-state index in [1.165, 1.54) is 0 Å². The average Bonchev–Trinajstić information content (AvgIpc) is 3.57. The van der Waals surface area contributed by atoms with E-state index in [4.69, 9.17) is 19.6 Å². The van der Waals surface area contributed by atoms with Crippen molar-refractivity contribution in [2.45, 2.75) is 58.3 Å². The zero-order valence-electron chi connectivity index (χ0n) is 20.7. The Kier molecular flexibility index (Phi) is 7.94. The summed E-state index contributed by atoms with van der Waals surface area (Å²) >= 11 is 0. The van der Waals surface area contributed by atoms with Crippen molar-refractivity contribution in [3.63, 3.8) is 0 Å². The van der Waals surface area contributed by atoms with Crippen molar-refractivity contribution >= 4 is 0 Å². The summed E-state index contributed by atoms with van der Waals surface area (Å²) in [4.78, 5) is 9.15. The van der Waals surface area contributed by atoms with Crippen molar-refractivity contribution in [3.8, 4) is 22.5 Å². The van der Waals surface area contributed by atoms with Crippen LogP contribution in [-0.4, -0.2) is 54.6 Å². The molecule has 10 heteroatoms. The number of ether oxygens (including phenoxy) is 2. The predicted molar refractivity (Wildman–Crippen MR) is 131 cm³/mol. The third kappa shape index (κ3) is 5.28. The molecule has 10 nitrogen and oxygen atoms in total. The van der Waals surface area contributed by atoms with E-state index in [-0.39, 0.29) is 0 Å². The normalized spacial score (nSPS) is 11.8. The molecule has 0 atom stereocenters. The Labute approximate surface area is 205 Å². The SMILES string of the molecule is CCCCCn1nc(C(CC)(OC)OC)nc1Cc1ccc(-c2cnccc2-c2nnn[nH]2)cc1. The monoisotopic (exact) mass is 476 g/mol. The summed E-state index contributed by atoms with van der Waals surface area (Å²) in [5.41, 5.74) is 4.01. The van der Waals surface area contributed by atoms with E-state index in [1.54, 1.807) is 20.4 Å². The van der Waals surface area contributed by atoms with Crippen LogP contribution in [0.5, 0.6) is 0 Å². The molecule has 0 saturated carbocycles. The highest BCUT2D eigenvalue weighted by Crippen LogP contribution is 2.30. The van der Waals surface area contributed by atoms with Gasteiger partial charge in [0.2, 0.25) is 11.6 Å². The molecule has 0 radical (unpaired) electrons. The van der Waals surface area contributed by atoms with Crippen molar-refractivity contribution in [3.05, 3.63) is 59.9 Å². The first kappa shape index (κ1) is 24.6. The van der Waals surface area contributed by atoms with Crippen LogP contribution in [0.3, 0.4) is 0 Å². The number of hydrogen-bond donors (Lipinski definition) is 1. The molecular formula is C25H32N8O2. The standard InChI is InChI=1S/C25H32N8O2/c1-5-7-8-15-33-22(27-24(30-33)25(6-2,34-3)35-4)16-18-9-11-19(12-10-18)21-17-26-14-13-20(21)23-28-31-32-29-23/h9-14,17H,5-8,15-16H2,1-4H3,(H,28,29,31,32). The maximum absolute atomic E-state index is 5.69. The summed E-state index contributed by atoms with van der Waals surface area (Å²) in [5.74, 6) is 1.12. The number of aromatic nitrogens is 8. The van der Waals surface area contributed by atoms with E-state index in [0.29, 0.717) is 24.5 Å². The highest BCUT2D eigenvalue weighted by atomic mass is 16.7. The van der Waals surface area contributed by atoms with Crippen LogP contribution in [0.1, 0.15) is 56.7 Å². The van der Waals surface area contributed by atoms with Crippen molar-refractivity contribution in [1.82, 2.24) is 40.4 Å². The Morgan fingerprint density at radius 1 is 1.00 bits per heavy atom. The molecule has 0 spiro atoms. The van der Waals surface area contributed by atoms with Crippen LogP contribution >= 0.6 is 0 Å². The van der Waals surface area contributed by atoms with E-state index in [0.717, 1.165) is 53.9 Å². The van der Waals surface area contributed by atoms with Gasteiger partial charge in [-0.15, -0.1) is 5.10 Å². The molecule has 1 aromatic carbocycles. The van der Waals surface area contributed by atoms with Crippen LogP contribution < -0.4 is 0 Å². The van der Waals surface area contributed by atoms with Gasteiger partial charge in [-0.1, -0.05) is 51.0 Å². The number of hydrogen-bond acceptors (Lipinski definition) is 8. The molecule has 35 heavy (non-hydrogen) atoms. The number of pyridine rings is 1. The number of aryl methyl sites for hydroxylation is 1. The molecule has 4 rings (SSSR count). The van der Waals surface area contributed by atoms with Gasteiger partial charge in [-0.25, -0.2) is 14.8 Å². The smallest absolute Gasteiger partial charge is 0.231 e. The second-order valence-electron chi connectivity index (χ2n) is 8.34. The van der Waals surface area contributed by atoms with Gasteiger partial charge in [-0.3, -0.25) is 4.98 Å². The minimum atomic E-state index is -0.944. The van der Waals surface area contributed by atoms with Gasteiger partial charge in [-0.2, -0.15) is 5.10 Å². The van der Waals surface area contributed by atoms with Gasteiger partial charge >= 0.3 is 0 Å². The molecule has 1 N–H and O–H groups in total. The average molecular weight is 477 g/mol. The molecule has 0 amide bonds. The van der Waals surface area contributed by atoms with Gasteiger partial charge in [0, 0.05) is 57.1 Å². The third-order valence-electron chi connectivity index (χ3n) is 6.24. The lowest BCUT2D eigenvalue weighted by Gasteiger charge is -2.26. The molecule has 0 aliphatic carbocycles. The van der Waals surface area contributed by atoms with Crippen molar-refractivity contribution in [1.29, 1.82) is 0 Å². The summed E-state index contributed by atoms with van der Waals surface area (Å²) in [6.07, 6.45) is 8.15. The second kappa shape index (κ2) is 11.3. The van der Waals surface area contributed by atoms with Crippen molar-refractivity contribution < 1.29 is 9.47 Å². The summed E-state index contributed by atoms with van der Waals surface area (Å²) in [5, 5.41) is 19.1. The number of rotatable bonds is 12. The molecule has 0 aliphatic rings. The van der Waals surface area contributed by atoms with E-state index in [2.05, 4.69) is 56.8 Å². The summed E-state index contributed by atoms with van der Waals surface area (Å²) in [7, 11) is 3.26. The largest absolute Gasteiger partial charge is 0.347 e. The third-order valence-corrected chi connectivity index (χ3v) is 6.24. The zero-order chi connectivity index (χ0) is 24.7. The van der Waals surface area contributed by atoms with Gasteiger partial charge in [0.05, 0.1) is 0 Å². The highest BCUT2D eigenvalue weighted by Gasteiger charge is 2.35. The number of nitrogens with zero attached hydrogens (tertiary/aromatic N) is 7. The van der Waals surface area contributed by atoms with Crippen LogP contribution in [0.2, 0.25) is 0 Å². The molecule has 3 aromatic heterocycles. The fraction of sp³-hybridized carbons (Fsp3) is 0.440. The lowest BCUT2D eigenvalue weighted by Crippen LogP contribution is -2.31. The van der Waals surface area contributed by atoms with E-state index in [9.17, 15) is 0 Å². The van der Waals surface area contributed by atoms with E-state index in [1.807, 2.05) is 23.9 Å². The van der Waals surface area contributed by atoms with Gasteiger partial charge in [0.25, 0.3) is 0 Å². The summed E-state index contributed by atoms with van der Waals surface area (Å²) in [6.45, 7) is 5.01. The number of aromatic amines is 1. The van der Waals surface area contributed by atoms with Crippen LogP contribution in [0, 0.1) is 0 Å². The summed E-state index contributed by atoms with van der Waals surface area (Å²) in [6, 6.07) is 10.3. The first-order valence-electron chi connectivity index (χ1n) is 12.0. The zero-order valence-corrected chi connectivity index (χ0v) is 20.7. The van der Waals surface area contributed by atoms with Gasteiger partial charge in [0.15, 0.2) is 5.82 Å². The molecule has 0 aliphatic heterocycles. The number of nitrogens with one attached hydrogen (secondary N) is 1. The number of H-pyrrole nitrogens is 1.